The second-order valence-electron chi connectivity index (χ2n) is 6.63. The van der Waals surface area contributed by atoms with Crippen molar-refractivity contribution in [2.24, 2.45) is 11.1 Å². The Labute approximate surface area is 117 Å². The fourth-order valence-corrected chi connectivity index (χ4v) is 3.25. The van der Waals surface area contributed by atoms with Gasteiger partial charge in [0.15, 0.2) is 0 Å². The summed E-state index contributed by atoms with van der Waals surface area (Å²) >= 11 is 0. The van der Waals surface area contributed by atoms with Crippen molar-refractivity contribution in [2.45, 2.75) is 64.2 Å². The summed E-state index contributed by atoms with van der Waals surface area (Å²) in [7, 11) is 0. The molecule has 1 saturated heterocycles. The maximum Gasteiger partial charge on any atom is 0.0662 e. The van der Waals surface area contributed by atoms with E-state index in [1.807, 2.05) is 6.92 Å². The van der Waals surface area contributed by atoms with Crippen LogP contribution in [-0.4, -0.2) is 44.1 Å². The van der Waals surface area contributed by atoms with E-state index in [9.17, 15) is 0 Å². The van der Waals surface area contributed by atoms with Crippen molar-refractivity contribution in [2.75, 3.05) is 26.3 Å². The number of nitrogens with two attached hydrogens (primary N) is 1. The number of hydrogen-bond donors (Lipinski definition) is 2. The molecule has 1 saturated carbocycles. The van der Waals surface area contributed by atoms with E-state index in [0.29, 0.717) is 12.2 Å². The Hall–Kier alpha value is -0.160. The molecule has 19 heavy (non-hydrogen) atoms. The van der Waals surface area contributed by atoms with Crippen LogP contribution in [-0.2, 0) is 9.47 Å². The zero-order chi connectivity index (χ0) is 13.9. The molecular formula is C15H30N2O2. The second kappa shape index (κ2) is 6.08. The fourth-order valence-electron chi connectivity index (χ4n) is 3.25. The topological polar surface area (TPSA) is 56.5 Å². The van der Waals surface area contributed by atoms with Gasteiger partial charge in [0.2, 0.25) is 0 Å². The molecule has 0 aromatic heterocycles. The maximum absolute atomic E-state index is 6.52. The Morgan fingerprint density at radius 2 is 2.21 bits per heavy atom. The molecule has 3 N–H and O–H groups in total. The Balaban J connectivity index is 1.67. The lowest BCUT2D eigenvalue weighted by Gasteiger charge is -2.59. The predicted octanol–water partition coefficient (Wildman–Crippen LogP) is 1.68. The lowest BCUT2D eigenvalue weighted by Crippen LogP contribution is -2.73. The highest BCUT2D eigenvalue weighted by Gasteiger charge is 2.58. The molecule has 2 aliphatic rings. The van der Waals surface area contributed by atoms with Gasteiger partial charge in [0.05, 0.1) is 12.2 Å². The molecule has 4 heteroatoms. The van der Waals surface area contributed by atoms with Crippen molar-refractivity contribution in [3.05, 3.63) is 0 Å². The zero-order valence-corrected chi connectivity index (χ0v) is 12.7. The molecule has 0 spiro atoms. The second-order valence-corrected chi connectivity index (χ2v) is 6.63. The summed E-state index contributed by atoms with van der Waals surface area (Å²) in [5.74, 6) is 0. The van der Waals surface area contributed by atoms with Gasteiger partial charge in [0.1, 0.15) is 0 Å². The number of ether oxygens (including phenoxy) is 2. The van der Waals surface area contributed by atoms with Gasteiger partial charge < -0.3 is 20.5 Å². The first-order valence-corrected chi connectivity index (χ1v) is 7.72. The minimum Gasteiger partial charge on any atom is -0.378 e. The predicted molar refractivity (Wildman–Crippen MR) is 77.2 cm³/mol. The molecule has 2 rings (SSSR count). The van der Waals surface area contributed by atoms with Gasteiger partial charge in [-0.3, -0.25) is 0 Å². The third-order valence-electron chi connectivity index (χ3n) is 5.11. The molecule has 0 radical (unpaired) electrons. The molecule has 1 aliphatic heterocycles. The molecule has 0 bridgehead atoms. The van der Waals surface area contributed by atoms with Gasteiger partial charge in [-0.25, -0.2) is 0 Å². The molecular weight excluding hydrogens is 240 g/mol. The molecule has 0 amide bonds. The number of rotatable bonds is 7. The van der Waals surface area contributed by atoms with Crippen LogP contribution in [0.5, 0.6) is 0 Å². The first kappa shape index (κ1) is 15.2. The van der Waals surface area contributed by atoms with Crippen molar-refractivity contribution in [1.29, 1.82) is 0 Å². The van der Waals surface area contributed by atoms with Crippen LogP contribution >= 0.6 is 0 Å². The summed E-state index contributed by atoms with van der Waals surface area (Å²) in [6.45, 7) is 10.1. The normalized spacial score (nSPS) is 37.3. The highest BCUT2D eigenvalue weighted by atomic mass is 16.5. The summed E-state index contributed by atoms with van der Waals surface area (Å²) in [6, 6.07) is 0. The van der Waals surface area contributed by atoms with Crippen LogP contribution in [0, 0.1) is 5.41 Å². The van der Waals surface area contributed by atoms with Crippen molar-refractivity contribution in [3.8, 4) is 0 Å². The zero-order valence-electron chi connectivity index (χ0n) is 12.7. The van der Waals surface area contributed by atoms with Crippen LogP contribution < -0.4 is 11.1 Å². The molecule has 112 valence electrons. The Morgan fingerprint density at radius 3 is 2.79 bits per heavy atom. The van der Waals surface area contributed by atoms with Gasteiger partial charge >= 0.3 is 0 Å². The van der Waals surface area contributed by atoms with E-state index in [4.69, 9.17) is 15.2 Å². The monoisotopic (exact) mass is 270 g/mol. The van der Waals surface area contributed by atoms with Gasteiger partial charge in [-0.2, -0.15) is 0 Å². The standard InChI is InChI=1S/C15H30N2O2/c1-4-18-13-10-15(16,14(13,2)3)11-17-8-7-12-6-5-9-19-12/h12-13,17H,4-11,16H2,1-3H3. The first-order chi connectivity index (χ1) is 8.99. The molecule has 0 aromatic rings. The van der Waals surface area contributed by atoms with Crippen molar-refractivity contribution < 1.29 is 9.47 Å². The Kier molecular flexibility index (Phi) is 4.88. The Morgan fingerprint density at radius 1 is 1.42 bits per heavy atom. The van der Waals surface area contributed by atoms with Crippen LogP contribution in [0.2, 0.25) is 0 Å². The first-order valence-electron chi connectivity index (χ1n) is 7.72. The molecule has 1 heterocycles. The molecule has 3 atom stereocenters. The maximum atomic E-state index is 6.52. The van der Waals surface area contributed by atoms with E-state index >= 15 is 0 Å². The molecule has 4 nitrogen and oxygen atoms in total. The summed E-state index contributed by atoms with van der Waals surface area (Å²) in [4.78, 5) is 0. The molecule has 1 aliphatic carbocycles. The highest BCUT2D eigenvalue weighted by Crippen LogP contribution is 2.49. The van der Waals surface area contributed by atoms with E-state index in [1.54, 1.807) is 0 Å². The van der Waals surface area contributed by atoms with Gasteiger partial charge in [-0.15, -0.1) is 0 Å². The van der Waals surface area contributed by atoms with Gasteiger partial charge in [-0.05, 0) is 39.2 Å². The van der Waals surface area contributed by atoms with E-state index < -0.39 is 0 Å². The van der Waals surface area contributed by atoms with Crippen LogP contribution in [0.25, 0.3) is 0 Å². The minimum atomic E-state index is -0.136. The number of nitrogens with one attached hydrogen (secondary N) is 1. The van der Waals surface area contributed by atoms with Crippen molar-refractivity contribution >= 4 is 0 Å². The SMILES string of the molecule is CCOC1CC(N)(CNCCC2CCCO2)C1(C)C. The lowest BCUT2D eigenvalue weighted by atomic mass is 9.54. The highest BCUT2D eigenvalue weighted by molar-refractivity contribution is 5.14. The van der Waals surface area contributed by atoms with Gasteiger partial charge in [-0.1, -0.05) is 13.8 Å². The molecule has 3 unspecified atom stereocenters. The van der Waals surface area contributed by atoms with E-state index in [2.05, 4.69) is 19.2 Å². The minimum absolute atomic E-state index is 0.0554. The Bertz CT molecular complexity index is 290. The van der Waals surface area contributed by atoms with Crippen LogP contribution in [0.4, 0.5) is 0 Å². The summed E-state index contributed by atoms with van der Waals surface area (Å²) in [6.07, 6.45) is 5.27. The summed E-state index contributed by atoms with van der Waals surface area (Å²) in [5, 5.41) is 3.51. The van der Waals surface area contributed by atoms with E-state index in [1.165, 1.54) is 12.8 Å². The van der Waals surface area contributed by atoms with Gasteiger partial charge in [0, 0.05) is 30.7 Å². The smallest absolute Gasteiger partial charge is 0.0662 e. The van der Waals surface area contributed by atoms with E-state index in [-0.39, 0.29) is 11.0 Å². The lowest BCUT2D eigenvalue weighted by molar-refractivity contribution is -0.148. The quantitative estimate of drug-likeness (QED) is 0.691. The fraction of sp³-hybridized carbons (Fsp3) is 1.00. The van der Waals surface area contributed by atoms with E-state index in [0.717, 1.165) is 39.1 Å². The van der Waals surface area contributed by atoms with Crippen LogP contribution in [0.15, 0.2) is 0 Å². The largest absolute Gasteiger partial charge is 0.378 e. The van der Waals surface area contributed by atoms with Crippen molar-refractivity contribution in [3.63, 3.8) is 0 Å². The molecule has 0 aromatic carbocycles. The van der Waals surface area contributed by atoms with Crippen LogP contribution in [0.1, 0.15) is 46.5 Å². The average Bonchev–Trinajstić information content (AvgIpc) is 2.87. The summed E-state index contributed by atoms with van der Waals surface area (Å²) in [5.41, 5.74) is 6.44. The number of hydrogen-bond acceptors (Lipinski definition) is 4. The third kappa shape index (κ3) is 3.13. The summed E-state index contributed by atoms with van der Waals surface area (Å²) < 4.78 is 11.4. The van der Waals surface area contributed by atoms with Gasteiger partial charge in [0.25, 0.3) is 0 Å². The molecule has 2 fully saturated rings. The average molecular weight is 270 g/mol. The van der Waals surface area contributed by atoms with Crippen LogP contribution in [0.3, 0.4) is 0 Å². The van der Waals surface area contributed by atoms with Crippen molar-refractivity contribution in [1.82, 2.24) is 5.32 Å². The third-order valence-corrected chi connectivity index (χ3v) is 5.11.